The van der Waals surface area contributed by atoms with Gasteiger partial charge in [-0.25, -0.2) is 14.8 Å². The number of aromatic nitrogens is 3. The van der Waals surface area contributed by atoms with Crippen LogP contribution in [0.3, 0.4) is 0 Å². The first-order chi connectivity index (χ1) is 12.2. The molecule has 2 heterocycles. The molecule has 0 atom stereocenters. The first-order valence-corrected chi connectivity index (χ1v) is 7.91. The highest BCUT2D eigenvalue weighted by atomic mass is 16.4. The summed E-state index contributed by atoms with van der Waals surface area (Å²) in [5.74, 6) is -0.244. The van der Waals surface area contributed by atoms with Crippen molar-refractivity contribution in [3.63, 3.8) is 0 Å². The summed E-state index contributed by atoms with van der Waals surface area (Å²) in [4.78, 5) is 20.4. The number of rotatable bonds is 4. The van der Waals surface area contributed by atoms with Crippen molar-refractivity contribution in [2.75, 3.05) is 0 Å². The van der Waals surface area contributed by atoms with Crippen molar-refractivity contribution >= 4 is 17.1 Å². The molecule has 5 heteroatoms. The van der Waals surface area contributed by atoms with Crippen molar-refractivity contribution in [1.29, 1.82) is 0 Å². The Morgan fingerprint density at radius 3 is 2.64 bits per heavy atom. The maximum atomic E-state index is 11.3. The molecule has 0 fully saturated rings. The number of imidazole rings is 1. The third kappa shape index (κ3) is 2.87. The number of carboxylic acid groups (broad SMARTS) is 1. The summed E-state index contributed by atoms with van der Waals surface area (Å²) in [6.07, 6.45) is 1.74. The lowest BCUT2D eigenvalue weighted by Gasteiger charge is -2.09. The van der Waals surface area contributed by atoms with E-state index in [2.05, 4.69) is 9.97 Å². The molecule has 0 saturated carbocycles. The SMILES string of the molecule is O=C(O)c1cccc(-c2nc3cccnc3n2Cc2ccccc2)c1. The Morgan fingerprint density at radius 1 is 1.00 bits per heavy atom. The molecule has 0 aliphatic rings. The van der Waals surface area contributed by atoms with Crippen LogP contribution in [-0.2, 0) is 6.54 Å². The highest BCUT2D eigenvalue weighted by molar-refractivity contribution is 5.89. The average molecular weight is 329 g/mol. The lowest BCUT2D eigenvalue weighted by Crippen LogP contribution is -2.04. The van der Waals surface area contributed by atoms with Crippen LogP contribution in [0.25, 0.3) is 22.6 Å². The van der Waals surface area contributed by atoms with Gasteiger partial charge in [0.15, 0.2) is 5.65 Å². The molecule has 0 aliphatic carbocycles. The summed E-state index contributed by atoms with van der Waals surface area (Å²) in [6, 6.07) is 20.6. The highest BCUT2D eigenvalue weighted by Crippen LogP contribution is 2.25. The van der Waals surface area contributed by atoms with Crippen LogP contribution >= 0.6 is 0 Å². The van der Waals surface area contributed by atoms with Crippen LogP contribution in [0.15, 0.2) is 72.9 Å². The van der Waals surface area contributed by atoms with Gasteiger partial charge in [-0.05, 0) is 29.8 Å². The summed E-state index contributed by atoms with van der Waals surface area (Å²) in [6.45, 7) is 0.612. The van der Waals surface area contributed by atoms with E-state index in [-0.39, 0.29) is 5.56 Å². The average Bonchev–Trinajstić information content (AvgIpc) is 3.01. The molecule has 0 spiro atoms. The van der Waals surface area contributed by atoms with Gasteiger partial charge in [0, 0.05) is 11.8 Å². The molecule has 0 radical (unpaired) electrons. The van der Waals surface area contributed by atoms with Crippen LogP contribution in [0.2, 0.25) is 0 Å². The van der Waals surface area contributed by atoms with E-state index in [1.54, 1.807) is 24.4 Å². The number of benzene rings is 2. The third-order valence-corrected chi connectivity index (χ3v) is 4.06. The van der Waals surface area contributed by atoms with Crippen LogP contribution < -0.4 is 0 Å². The number of carboxylic acids is 1. The monoisotopic (exact) mass is 329 g/mol. The second-order valence-corrected chi connectivity index (χ2v) is 5.74. The number of pyridine rings is 1. The molecule has 0 aliphatic heterocycles. The van der Waals surface area contributed by atoms with Crippen LogP contribution in [0.5, 0.6) is 0 Å². The van der Waals surface area contributed by atoms with E-state index in [9.17, 15) is 9.90 Å². The van der Waals surface area contributed by atoms with Crippen molar-refractivity contribution in [3.05, 3.63) is 84.1 Å². The first kappa shape index (κ1) is 15.1. The van der Waals surface area contributed by atoms with E-state index >= 15 is 0 Å². The lowest BCUT2D eigenvalue weighted by atomic mass is 10.1. The molecular formula is C20H15N3O2. The summed E-state index contributed by atoms with van der Waals surface area (Å²) >= 11 is 0. The Balaban J connectivity index is 1.90. The van der Waals surface area contributed by atoms with Crippen LogP contribution in [0, 0.1) is 0 Å². The van der Waals surface area contributed by atoms with E-state index in [0.717, 1.165) is 22.3 Å². The summed E-state index contributed by atoms with van der Waals surface area (Å²) in [5, 5.41) is 9.26. The third-order valence-electron chi connectivity index (χ3n) is 4.06. The molecule has 0 bridgehead atoms. The van der Waals surface area contributed by atoms with Crippen molar-refractivity contribution in [2.24, 2.45) is 0 Å². The number of hydrogen-bond acceptors (Lipinski definition) is 3. The first-order valence-electron chi connectivity index (χ1n) is 7.91. The van der Waals surface area contributed by atoms with E-state index in [0.29, 0.717) is 12.4 Å². The minimum absolute atomic E-state index is 0.240. The zero-order chi connectivity index (χ0) is 17.2. The minimum atomic E-state index is -0.953. The van der Waals surface area contributed by atoms with Crippen molar-refractivity contribution in [2.45, 2.75) is 6.54 Å². The molecule has 0 unspecified atom stereocenters. The molecule has 4 rings (SSSR count). The number of fused-ring (bicyclic) bond motifs is 1. The minimum Gasteiger partial charge on any atom is -0.478 e. The lowest BCUT2D eigenvalue weighted by molar-refractivity contribution is 0.0697. The maximum Gasteiger partial charge on any atom is 0.335 e. The largest absolute Gasteiger partial charge is 0.478 e. The molecule has 1 N–H and O–H groups in total. The molecule has 0 amide bonds. The summed E-state index contributed by atoms with van der Waals surface area (Å²) < 4.78 is 2.02. The molecule has 25 heavy (non-hydrogen) atoms. The quantitative estimate of drug-likeness (QED) is 0.617. The second-order valence-electron chi connectivity index (χ2n) is 5.74. The van der Waals surface area contributed by atoms with E-state index in [1.807, 2.05) is 53.1 Å². The molecule has 0 saturated heterocycles. The fourth-order valence-electron chi connectivity index (χ4n) is 2.89. The van der Waals surface area contributed by atoms with E-state index in [4.69, 9.17) is 0 Å². The zero-order valence-electron chi connectivity index (χ0n) is 13.3. The van der Waals surface area contributed by atoms with Gasteiger partial charge in [-0.1, -0.05) is 42.5 Å². The Morgan fingerprint density at radius 2 is 1.84 bits per heavy atom. The van der Waals surface area contributed by atoms with Crippen molar-refractivity contribution in [3.8, 4) is 11.4 Å². The Bertz CT molecular complexity index is 1050. The van der Waals surface area contributed by atoms with Gasteiger partial charge in [0.05, 0.1) is 12.1 Å². The molecule has 2 aromatic carbocycles. The fourth-order valence-corrected chi connectivity index (χ4v) is 2.89. The standard InChI is InChI=1S/C20H15N3O2/c24-20(25)16-9-4-8-15(12-16)18-22-17-10-5-11-21-19(17)23(18)13-14-6-2-1-3-7-14/h1-12H,13H2,(H,24,25). The smallest absolute Gasteiger partial charge is 0.335 e. The maximum absolute atomic E-state index is 11.3. The Hall–Kier alpha value is -3.47. The van der Waals surface area contributed by atoms with Gasteiger partial charge in [0.1, 0.15) is 11.3 Å². The Kier molecular flexibility index (Phi) is 3.74. The molecular weight excluding hydrogens is 314 g/mol. The molecule has 5 nitrogen and oxygen atoms in total. The number of aromatic carboxylic acids is 1. The van der Waals surface area contributed by atoms with Gasteiger partial charge in [-0.2, -0.15) is 0 Å². The predicted molar refractivity (Wildman–Crippen MR) is 95.5 cm³/mol. The Labute approximate surface area is 144 Å². The van der Waals surface area contributed by atoms with Gasteiger partial charge in [-0.3, -0.25) is 0 Å². The zero-order valence-corrected chi connectivity index (χ0v) is 13.3. The van der Waals surface area contributed by atoms with Crippen LogP contribution in [0.1, 0.15) is 15.9 Å². The fraction of sp³-hybridized carbons (Fsp3) is 0.0500. The van der Waals surface area contributed by atoms with Crippen LogP contribution in [-0.4, -0.2) is 25.6 Å². The number of nitrogens with zero attached hydrogens (tertiary/aromatic N) is 3. The summed E-state index contributed by atoms with van der Waals surface area (Å²) in [7, 11) is 0. The molecule has 4 aromatic rings. The van der Waals surface area contributed by atoms with E-state index < -0.39 is 5.97 Å². The predicted octanol–water partition coefficient (Wildman–Crippen LogP) is 3.84. The number of hydrogen-bond donors (Lipinski definition) is 1. The molecule has 122 valence electrons. The van der Waals surface area contributed by atoms with Gasteiger partial charge in [0.2, 0.25) is 0 Å². The van der Waals surface area contributed by atoms with Crippen molar-refractivity contribution in [1.82, 2.24) is 14.5 Å². The summed E-state index contributed by atoms with van der Waals surface area (Å²) in [5.41, 5.74) is 3.69. The van der Waals surface area contributed by atoms with Gasteiger partial charge < -0.3 is 9.67 Å². The highest BCUT2D eigenvalue weighted by Gasteiger charge is 2.15. The van der Waals surface area contributed by atoms with Crippen LogP contribution in [0.4, 0.5) is 0 Å². The second kappa shape index (κ2) is 6.20. The molecule has 2 aromatic heterocycles. The van der Waals surface area contributed by atoms with Crippen molar-refractivity contribution < 1.29 is 9.90 Å². The topological polar surface area (TPSA) is 68.0 Å². The number of carbonyl (C=O) groups is 1. The van der Waals surface area contributed by atoms with E-state index in [1.165, 1.54) is 0 Å². The van der Waals surface area contributed by atoms with Gasteiger partial charge in [0.25, 0.3) is 0 Å². The normalized spacial score (nSPS) is 10.9. The van der Waals surface area contributed by atoms with Gasteiger partial charge >= 0.3 is 5.97 Å². The van der Waals surface area contributed by atoms with Gasteiger partial charge in [-0.15, -0.1) is 0 Å².